The van der Waals surface area contributed by atoms with E-state index in [-0.39, 0.29) is 18.3 Å². The fourth-order valence-electron chi connectivity index (χ4n) is 4.40. The molecule has 0 aromatic heterocycles. The second kappa shape index (κ2) is 22.1. The molecule has 1 unspecified atom stereocenters. The van der Waals surface area contributed by atoms with Crippen molar-refractivity contribution in [3.63, 3.8) is 0 Å². The highest BCUT2D eigenvalue weighted by Crippen LogP contribution is 2.31. The van der Waals surface area contributed by atoms with E-state index < -0.39 is 23.4 Å². The number of aryl methyl sites for hydroxylation is 1. The van der Waals surface area contributed by atoms with Crippen LogP contribution in [0.2, 0.25) is 0 Å². The first-order valence-electron chi connectivity index (χ1n) is 16.1. The first-order chi connectivity index (χ1) is 22.8. The molecule has 0 aliphatic carbocycles. The molecule has 1 saturated heterocycles. The Balaban J connectivity index is 0.000000639. The number of anilines is 1. The number of piperidine rings is 1. The molecule has 11 heteroatoms. The lowest BCUT2D eigenvalue weighted by molar-refractivity contribution is -0.143. The number of hydrogen-bond acceptors (Lipinski definition) is 6. The van der Waals surface area contributed by atoms with Gasteiger partial charge in [-0.25, -0.2) is 0 Å². The summed E-state index contributed by atoms with van der Waals surface area (Å²) >= 11 is 0. The van der Waals surface area contributed by atoms with Crippen molar-refractivity contribution in [3.05, 3.63) is 90.0 Å². The van der Waals surface area contributed by atoms with Crippen molar-refractivity contribution < 1.29 is 37.0 Å². The Morgan fingerprint density at radius 2 is 1.67 bits per heavy atom. The fourth-order valence-corrected chi connectivity index (χ4v) is 4.40. The van der Waals surface area contributed by atoms with Crippen LogP contribution in [0.15, 0.2) is 84.5 Å². The number of esters is 1. The number of likely N-dealkylation sites (tertiary alicyclic amines) is 1. The van der Waals surface area contributed by atoms with Gasteiger partial charge in [0.15, 0.2) is 5.88 Å². The third kappa shape index (κ3) is 15.8. The molecule has 1 aliphatic heterocycles. The predicted octanol–water partition coefficient (Wildman–Crippen LogP) is 8.31. The Hall–Kier alpha value is -4.54. The molecule has 0 saturated carbocycles. The number of hydrogen-bond donors (Lipinski definition) is 2. The minimum absolute atomic E-state index is 0.0463. The molecular weight excluding hydrogens is 623 g/mol. The van der Waals surface area contributed by atoms with E-state index in [0.717, 1.165) is 42.9 Å². The van der Waals surface area contributed by atoms with Gasteiger partial charge in [0.1, 0.15) is 0 Å². The molecular formula is C37H50F3N3O5. The van der Waals surface area contributed by atoms with Gasteiger partial charge in [0, 0.05) is 25.3 Å². The molecule has 48 heavy (non-hydrogen) atoms. The zero-order chi connectivity index (χ0) is 36.1. The summed E-state index contributed by atoms with van der Waals surface area (Å²) in [5, 5.41) is 4.87. The zero-order valence-corrected chi connectivity index (χ0v) is 28.9. The lowest BCUT2D eigenvalue weighted by atomic mass is 10.0. The van der Waals surface area contributed by atoms with Crippen molar-refractivity contribution in [1.29, 1.82) is 0 Å². The summed E-state index contributed by atoms with van der Waals surface area (Å²) in [6.07, 6.45) is 3.35. The van der Waals surface area contributed by atoms with Gasteiger partial charge < -0.3 is 25.0 Å². The lowest BCUT2D eigenvalue weighted by Gasteiger charge is -2.33. The van der Waals surface area contributed by atoms with Gasteiger partial charge in [-0.1, -0.05) is 68.0 Å². The topological polar surface area (TPSA) is 97.0 Å². The summed E-state index contributed by atoms with van der Waals surface area (Å²) < 4.78 is 50.4. The van der Waals surface area contributed by atoms with E-state index in [4.69, 9.17) is 4.74 Å². The second-order valence-corrected chi connectivity index (χ2v) is 11.1. The minimum atomic E-state index is -4.71. The fraction of sp³-hybridized carbons (Fsp3) is 0.432. The molecule has 8 nitrogen and oxygen atoms in total. The van der Waals surface area contributed by atoms with Crippen molar-refractivity contribution in [3.8, 4) is 11.1 Å². The lowest BCUT2D eigenvalue weighted by Crippen LogP contribution is -2.35. The molecule has 2 aromatic rings. The predicted molar refractivity (Wildman–Crippen MR) is 185 cm³/mol. The smallest absolute Gasteiger partial charge is 0.416 e. The summed E-state index contributed by atoms with van der Waals surface area (Å²) in [4.78, 5) is 34.8. The number of nitrogens with one attached hydrogen (secondary N) is 2. The van der Waals surface area contributed by atoms with Crippen molar-refractivity contribution in [2.75, 3.05) is 31.6 Å². The molecule has 0 bridgehead atoms. The summed E-state index contributed by atoms with van der Waals surface area (Å²) in [6, 6.07) is 14.9. The van der Waals surface area contributed by atoms with Crippen LogP contribution in [0.1, 0.15) is 65.9 Å². The number of carbonyl (C=O) groups is 3. The van der Waals surface area contributed by atoms with Gasteiger partial charge >= 0.3 is 12.1 Å². The third-order valence-electron chi connectivity index (χ3n) is 7.06. The summed E-state index contributed by atoms with van der Waals surface area (Å²) in [6.45, 7) is 16.6. The second-order valence-electron chi connectivity index (χ2n) is 11.1. The molecule has 1 heterocycles. The van der Waals surface area contributed by atoms with Crippen LogP contribution in [-0.2, 0) is 23.9 Å². The number of halogens is 3. The molecule has 2 amide bonds. The number of allylic oxidation sites excluding steroid dienone is 3. The van der Waals surface area contributed by atoms with Gasteiger partial charge in [-0.2, -0.15) is 13.2 Å². The molecule has 1 atom stereocenters. The average molecular weight is 674 g/mol. The first kappa shape index (κ1) is 41.5. The largest absolute Gasteiger partial charge is 0.466 e. The van der Waals surface area contributed by atoms with Crippen LogP contribution in [0.5, 0.6) is 0 Å². The van der Waals surface area contributed by atoms with E-state index in [1.165, 1.54) is 0 Å². The summed E-state index contributed by atoms with van der Waals surface area (Å²) in [7, 11) is 0. The van der Waals surface area contributed by atoms with Crippen molar-refractivity contribution in [2.45, 2.75) is 73.4 Å². The Morgan fingerprint density at radius 3 is 2.15 bits per heavy atom. The van der Waals surface area contributed by atoms with Gasteiger partial charge in [0.05, 0.1) is 18.6 Å². The summed E-state index contributed by atoms with van der Waals surface area (Å²) in [5.74, 6) is -1.63. The van der Waals surface area contributed by atoms with E-state index in [2.05, 4.69) is 47.9 Å². The number of amides is 2. The number of rotatable bonds is 12. The van der Waals surface area contributed by atoms with Gasteiger partial charge in [0.2, 0.25) is 12.2 Å². The van der Waals surface area contributed by atoms with Crippen LogP contribution < -0.4 is 10.6 Å². The number of carbonyl (C=O) groups excluding carboxylic acids is 3. The SMILES string of the molecule is C/C=C\CC.C=C(O/C(C(=O)Nc1ccc(-c2ccc(C)cc2)cc1)=C(\C)C(F)(F)F)N1CCCC(C)C1.CCOC(=O)CCNC=O. The first-order valence-corrected chi connectivity index (χ1v) is 16.1. The van der Waals surface area contributed by atoms with Crippen LogP contribution in [-0.4, -0.2) is 55.6 Å². The third-order valence-corrected chi connectivity index (χ3v) is 7.06. The molecule has 1 aliphatic rings. The minimum Gasteiger partial charge on any atom is -0.466 e. The van der Waals surface area contributed by atoms with Crippen LogP contribution in [0.3, 0.4) is 0 Å². The monoisotopic (exact) mass is 673 g/mol. The molecule has 1 fully saturated rings. The Kier molecular flexibility index (Phi) is 19.1. The maximum atomic E-state index is 13.5. The van der Waals surface area contributed by atoms with Gasteiger partial charge in [-0.15, -0.1) is 0 Å². The highest BCUT2D eigenvalue weighted by Gasteiger charge is 2.37. The highest BCUT2D eigenvalue weighted by molar-refractivity contribution is 6.03. The van der Waals surface area contributed by atoms with Gasteiger partial charge in [-0.05, 0) is 82.7 Å². The number of alkyl halides is 3. The molecule has 2 N–H and O–H groups in total. The molecule has 2 aromatic carbocycles. The Bertz CT molecular complexity index is 1350. The van der Waals surface area contributed by atoms with Crippen molar-refractivity contribution in [2.24, 2.45) is 5.92 Å². The van der Waals surface area contributed by atoms with Crippen LogP contribution in [0.25, 0.3) is 11.1 Å². The van der Waals surface area contributed by atoms with E-state index >= 15 is 0 Å². The number of benzene rings is 2. The normalized spacial score (nSPS) is 14.7. The zero-order valence-electron chi connectivity index (χ0n) is 28.9. The van der Waals surface area contributed by atoms with Crippen molar-refractivity contribution in [1.82, 2.24) is 10.2 Å². The van der Waals surface area contributed by atoms with E-state index in [0.29, 0.717) is 44.3 Å². The van der Waals surface area contributed by atoms with Crippen LogP contribution >= 0.6 is 0 Å². The molecule has 0 spiro atoms. The van der Waals surface area contributed by atoms with E-state index in [1.54, 1.807) is 36.1 Å². The molecule has 3 rings (SSSR count). The maximum absolute atomic E-state index is 13.5. The van der Waals surface area contributed by atoms with Gasteiger partial charge in [0.25, 0.3) is 5.91 Å². The van der Waals surface area contributed by atoms with Crippen LogP contribution in [0.4, 0.5) is 18.9 Å². The van der Waals surface area contributed by atoms with Gasteiger partial charge in [-0.3, -0.25) is 14.4 Å². The number of nitrogens with zero attached hydrogens (tertiary/aromatic N) is 1. The van der Waals surface area contributed by atoms with E-state index in [1.807, 2.05) is 38.1 Å². The number of ether oxygens (including phenoxy) is 2. The quantitative estimate of drug-likeness (QED) is 0.0588. The maximum Gasteiger partial charge on any atom is 0.416 e. The van der Waals surface area contributed by atoms with E-state index in [9.17, 15) is 27.6 Å². The average Bonchev–Trinajstić information content (AvgIpc) is 3.05. The Morgan fingerprint density at radius 1 is 1.06 bits per heavy atom. The highest BCUT2D eigenvalue weighted by atomic mass is 19.4. The summed E-state index contributed by atoms with van der Waals surface area (Å²) in [5.41, 5.74) is 2.33. The van der Waals surface area contributed by atoms with Crippen LogP contribution in [0, 0.1) is 12.8 Å². The molecule has 264 valence electrons. The standard InChI is InChI=1S/C26H29F3N2O2.C6H11NO3.C5H10/c1-17-7-9-21(10-8-17)22-11-13-23(14-12-22)30-25(32)24(19(3)26(27,28)29)33-20(4)31-15-5-6-18(2)16-31;1-2-10-6(9)3-4-7-5-8;1-3-5-4-2/h7-14,18H,4-6,15-16H2,1-3H3,(H,30,32);5H,2-4H2,1H3,(H,7,8);3,5H,4H2,1-2H3/b24-19+;;5-3-. The molecule has 0 radical (unpaired) electrons. The van der Waals surface area contributed by atoms with Crippen molar-refractivity contribution >= 4 is 24.0 Å². The Labute approximate surface area is 283 Å².